The van der Waals surface area contributed by atoms with Crippen molar-refractivity contribution in [2.24, 2.45) is 7.05 Å². The molecule has 100 valence electrons. The summed E-state index contributed by atoms with van der Waals surface area (Å²) in [4.78, 5) is 0.299. The number of hydrogen-bond acceptors (Lipinski definition) is 3. The van der Waals surface area contributed by atoms with E-state index in [1.165, 1.54) is 10.9 Å². The molecule has 3 rings (SSSR count). The van der Waals surface area contributed by atoms with Gasteiger partial charge < -0.3 is 0 Å². The normalized spacial score (nSPS) is 18.5. The van der Waals surface area contributed by atoms with Gasteiger partial charge in [0.2, 0.25) is 0 Å². The molecule has 0 radical (unpaired) electrons. The van der Waals surface area contributed by atoms with Crippen LogP contribution in [0, 0.1) is 0 Å². The highest BCUT2D eigenvalue weighted by Gasteiger charge is 2.35. The molecule has 0 aliphatic heterocycles. The third kappa shape index (κ3) is 2.12. The molecule has 19 heavy (non-hydrogen) atoms. The maximum absolute atomic E-state index is 12.7. The van der Waals surface area contributed by atoms with Crippen LogP contribution < -0.4 is 0 Å². The SMILES string of the molecule is Cn1cc(S(=O)(=O)C2CCc3ccc(Br)cc32)cn1. The first-order valence-corrected chi connectivity index (χ1v) is 8.33. The molecule has 0 spiro atoms. The number of sulfone groups is 1. The first-order valence-electron chi connectivity index (χ1n) is 5.99. The molecule has 1 unspecified atom stereocenters. The van der Waals surface area contributed by atoms with E-state index in [0.29, 0.717) is 11.3 Å². The summed E-state index contributed by atoms with van der Waals surface area (Å²) in [6.07, 6.45) is 4.44. The van der Waals surface area contributed by atoms with Crippen molar-refractivity contribution in [2.45, 2.75) is 23.0 Å². The summed E-state index contributed by atoms with van der Waals surface area (Å²) in [5.41, 5.74) is 2.04. The Balaban J connectivity index is 2.08. The van der Waals surface area contributed by atoms with Gasteiger partial charge in [0.25, 0.3) is 0 Å². The molecule has 4 nitrogen and oxygen atoms in total. The Morgan fingerprint density at radius 1 is 1.42 bits per heavy atom. The number of aryl methyl sites for hydroxylation is 2. The average molecular weight is 341 g/mol. The fraction of sp³-hybridized carbons (Fsp3) is 0.308. The molecular formula is C13H13BrN2O2S. The maximum atomic E-state index is 12.7. The van der Waals surface area contributed by atoms with Gasteiger partial charge in [0.15, 0.2) is 9.84 Å². The molecule has 0 bridgehead atoms. The number of hydrogen-bond donors (Lipinski definition) is 0. The minimum Gasteiger partial charge on any atom is -0.274 e. The van der Waals surface area contributed by atoms with Crippen molar-refractivity contribution in [3.05, 3.63) is 46.2 Å². The Hall–Kier alpha value is -1.14. The Morgan fingerprint density at radius 3 is 2.89 bits per heavy atom. The van der Waals surface area contributed by atoms with Crippen molar-refractivity contribution in [3.63, 3.8) is 0 Å². The molecule has 2 aromatic rings. The lowest BCUT2D eigenvalue weighted by Crippen LogP contribution is -2.10. The fourth-order valence-electron chi connectivity index (χ4n) is 2.57. The predicted octanol–water partition coefficient (Wildman–Crippen LogP) is 2.64. The van der Waals surface area contributed by atoms with Crippen LogP contribution in [-0.2, 0) is 23.3 Å². The van der Waals surface area contributed by atoms with Crippen LogP contribution in [0.4, 0.5) is 0 Å². The second-order valence-electron chi connectivity index (χ2n) is 4.77. The van der Waals surface area contributed by atoms with Crippen LogP contribution in [0.25, 0.3) is 0 Å². The highest BCUT2D eigenvalue weighted by Crippen LogP contribution is 2.41. The molecule has 1 aliphatic rings. The van der Waals surface area contributed by atoms with Crippen molar-refractivity contribution in [1.82, 2.24) is 9.78 Å². The molecule has 0 N–H and O–H groups in total. The van der Waals surface area contributed by atoms with E-state index >= 15 is 0 Å². The van der Waals surface area contributed by atoms with E-state index < -0.39 is 15.1 Å². The molecule has 0 saturated carbocycles. The predicted molar refractivity (Wildman–Crippen MR) is 75.6 cm³/mol. The largest absolute Gasteiger partial charge is 0.274 e. The molecule has 1 aliphatic carbocycles. The van der Waals surface area contributed by atoms with E-state index in [9.17, 15) is 8.42 Å². The fourth-order valence-corrected chi connectivity index (χ4v) is 4.75. The van der Waals surface area contributed by atoms with E-state index in [4.69, 9.17) is 0 Å². The lowest BCUT2D eigenvalue weighted by molar-refractivity contribution is 0.580. The standard InChI is InChI=1S/C13H13BrN2O2S/c1-16-8-11(7-15-16)19(17,18)13-5-3-9-2-4-10(14)6-12(9)13/h2,4,6-8,13H,3,5H2,1H3. The Bertz CT molecular complexity index is 737. The van der Waals surface area contributed by atoms with Gasteiger partial charge >= 0.3 is 0 Å². The summed E-state index contributed by atoms with van der Waals surface area (Å²) in [6.45, 7) is 0. The van der Waals surface area contributed by atoms with Crippen LogP contribution in [-0.4, -0.2) is 18.2 Å². The van der Waals surface area contributed by atoms with Gasteiger partial charge in [0.05, 0.1) is 11.4 Å². The molecule has 0 amide bonds. The second-order valence-corrected chi connectivity index (χ2v) is 7.81. The van der Waals surface area contributed by atoms with Gasteiger partial charge in [-0.2, -0.15) is 5.10 Å². The lowest BCUT2D eigenvalue weighted by atomic mass is 10.1. The van der Waals surface area contributed by atoms with E-state index in [0.717, 1.165) is 22.0 Å². The molecule has 6 heteroatoms. The molecular weight excluding hydrogens is 328 g/mol. The summed E-state index contributed by atoms with van der Waals surface area (Å²) in [7, 11) is -1.63. The van der Waals surface area contributed by atoms with Gasteiger partial charge in [-0.15, -0.1) is 0 Å². The van der Waals surface area contributed by atoms with E-state index in [1.54, 1.807) is 13.2 Å². The van der Waals surface area contributed by atoms with Crippen molar-refractivity contribution < 1.29 is 8.42 Å². The number of halogens is 1. The van der Waals surface area contributed by atoms with Crippen LogP contribution in [0.1, 0.15) is 22.8 Å². The molecule has 1 aromatic carbocycles. The first kappa shape index (κ1) is 12.9. The van der Waals surface area contributed by atoms with Crippen LogP contribution in [0.5, 0.6) is 0 Å². The van der Waals surface area contributed by atoms with Crippen molar-refractivity contribution in [2.75, 3.05) is 0 Å². The number of rotatable bonds is 2. The number of benzene rings is 1. The van der Waals surface area contributed by atoms with Crippen molar-refractivity contribution in [3.8, 4) is 0 Å². The second kappa shape index (κ2) is 4.45. The smallest absolute Gasteiger partial charge is 0.188 e. The zero-order valence-corrected chi connectivity index (χ0v) is 12.8. The first-order chi connectivity index (χ1) is 8.98. The van der Waals surface area contributed by atoms with Gasteiger partial charge in [-0.05, 0) is 36.1 Å². The summed E-state index contributed by atoms with van der Waals surface area (Å²) in [6, 6.07) is 5.87. The van der Waals surface area contributed by atoms with Crippen molar-refractivity contribution in [1.29, 1.82) is 0 Å². The molecule has 0 fully saturated rings. The average Bonchev–Trinajstić information content (AvgIpc) is 2.95. The number of aromatic nitrogens is 2. The highest BCUT2D eigenvalue weighted by atomic mass is 79.9. The van der Waals surface area contributed by atoms with Gasteiger partial charge in [0, 0.05) is 17.7 Å². The van der Waals surface area contributed by atoms with E-state index in [1.807, 2.05) is 18.2 Å². The molecule has 1 heterocycles. The minimum atomic E-state index is -3.35. The highest BCUT2D eigenvalue weighted by molar-refractivity contribution is 9.10. The third-order valence-electron chi connectivity index (χ3n) is 3.51. The Kier molecular flexibility index (Phi) is 3.02. The topological polar surface area (TPSA) is 52.0 Å². The van der Waals surface area contributed by atoms with Crippen LogP contribution in [0.15, 0.2) is 40.0 Å². The van der Waals surface area contributed by atoms with Crippen LogP contribution in [0.2, 0.25) is 0 Å². The Labute approximate surface area is 120 Å². The summed E-state index contributed by atoms with van der Waals surface area (Å²) in [5.74, 6) is 0. The minimum absolute atomic E-state index is 0.299. The van der Waals surface area contributed by atoms with Gasteiger partial charge in [-0.3, -0.25) is 4.68 Å². The van der Waals surface area contributed by atoms with Crippen LogP contribution in [0.3, 0.4) is 0 Å². The Morgan fingerprint density at radius 2 is 2.21 bits per heavy atom. The zero-order chi connectivity index (χ0) is 13.6. The van der Waals surface area contributed by atoms with Gasteiger partial charge in [-0.1, -0.05) is 22.0 Å². The van der Waals surface area contributed by atoms with Gasteiger partial charge in [-0.25, -0.2) is 8.42 Å². The van der Waals surface area contributed by atoms with Crippen LogP contribution >= 0.6 is 15.9 Å². The maximum Gasteiger partial charge on any atom is 0.188 e. The molecule has 1 aromatic heterocycles. The summed E-state index contributed by atoms with van der Waals surface area (Å²) >= 11 is 3.41. The third-order valence-corrected chi connectivity index (χ3v) is 6.11. The summed E-state index contributed by atoms with van der Waals surface area (Å²) < 4.78 is 27.7. The molecule has 0 saturated heterocycles. The zero-order valence-electron chi connectivity index (χ0n) is 10.4. The van der Waals surface area contributed by atoms with Crippen molar-refractivity contribution >= 4 is 25.8 Å². The van der Waals surface area contributed by atoms with E-state index in [-0.39, 0.29) is 0 Å². The molecule has 1 atom stereocenters. The quantitative estimate of drug-likeness (QED) is 0.844. The van der Waals surface area contributed by atoms with E-state index in [2.05, 4.69) is 21.0 Å². The monoisotopic (exact) mass is 340 g/mol. The lowest BCUT2D eigenvalue weighted by Gasteiger charge is -2.11. The number of fused-ring (bicyclic) bond motifs is 1. The van der Waals surface area contributed by atoms with Gasteiger partial charge in [0.1, 0.15) is 4.90 Å². The summed E-state index contributed by atoms with van der Waals surface area (Å²) in [5, 5.41) is 3.50. The number of nitrogens with zero attached hydrogens (tertiary/aromatic N) is 2.